The number of primary amides is 1. The van der Waals surface area contributed by atoms with Crippen molar-refractivity contribution in [3.63, 3.8) is 0 Å². The van der Waals surface area contributed by atoms with E-state index in [0.29, 0.717) is 25.8 Å². The van der Waals surface area contributed by atoms with Crippen LogP contribution in [-0.2, 0) is 44.7 Å². The summed E-state index contributed by atoms with van der Waals surface area (Å²) in [4.78, 5) is 92.4. The third-order valence-corrected chi connectivity index (χ3v) is 9.83. The van der Waals surface area contributed by atoms with Gasteiger partial charge in [-0.2, -0.15) is 0 Å². The Morgan fingerprint density at radius 3 is 2.05 bits per heavy atom. The number of carbonyl (C=O) groups is 7. The van der Waals surface area contributed by atoms with Crippen molar-refractivity contribution in [3.05, 3.63) is 35.9 Å². The highest BCUT2D eigenvalue weighted by atomic mass is 16.5. The van der Waals surface area contributed by atoms with Gasteiger partial charge >= 0.3 is 5.97 Å². The van der Waals surface area contributed by atoms with Gasteiger partial charge in [-0.1, -0.05) is 78.3 Å². The lowest BCUT2D eigenvalue weighted by Gasteiger charge is -2.33. The molecule has 6 amide bonds. The summed E-state index contributed by atoms with van der Waals surface area (Å²) in [5, 5.41) is 25.3. The average Bonchev–Trinajstić information content (AvgIpc) is 3.58. The summed E-state index contributed by atoms with van der Waals surface area (Å²) in [6, 6.07) is 3.28. The van der Waals surface area contributed by atoms with Crippen molar-refractivity contribution in [2.24, 2.45) is 23.5 Å². The Morgan fingerprint density at radius 1 is 0.873 bits per heavy atom. The molecule has 1 aromatic rings. The smallest absolute Gasteiger partial charge is 0.328 e. The minimum atomic E-state index is -1.40. The number of aliphatic hydroxyl groups is 1. The van der Waals surface area contributed by atoms with Gasteiger partial charge < -0.3 is 42.2 Å². The molecule has 308 valence electrons. The number of esters is 1. The first-order chi connectivity index (χ1) is 25.9. The zero-order chi connectivity index (χ0) is 41.4. The van der Waals surface area contributed by atoms with Gasteiger partial charge in [0.15, 0.2) is 0 Å². The number of nitrogens with two attached hydrogens (primary N) is 1. The fraction of sp³-hybridized carbons (Fsp3) is 0.667. The minimum Gasteiger partial charge on any atom is -0.467 e. The first-order valence-electron chi connectivity index (χ1n) is 19.2. The number of ether oxygens (including phenoxy) is 1. The fourth-order valence-corrected chi connectivity index (χ4v) is 6.59. The first kappa shape index (κ1) is 46.6. The van der Waals surface area contributed by atoms with E-state index >= 15 is 0 Å². The van der Waals surface area contributed by atoms with E-state index in [1.807, 2.05) is 58.0 Å². The van der Waals surface area contributed by atoms with Gasteiger partial charge in [0.2, 0.25) is 35.4 Å². The Bertz CT molecular complexity index is 1460. The van der Waals surface area contributed by atoms with Gasteiger partial charge in [0.05, 0.1) is 31.7 Å². The van der Waals surface area contributed by atoms with Crippen molar-refractivity contribution >= 4 is 41.4 Å². The van der Waals surface area contributed by atoms with Crippen molar-refractivity contribution in [2.75, 3.05) is 20.2 Å². The van der Waals surface area contributed by atoms with E-state index in [-0.39, 0.29) is 37.1 Å². The van der Waals surface area contributed by atoms with Gasteiger partial charge in [-0.25, -0.2) is 4.79 Å². The standard InChI is InChI=1S/C39H63N7O9/c1-9-24(6)34(38(53)44-33(23(4)5)39(54)55-8)45-37(52)30-16-13-17-46(30)21-31(48)27(19-26-14-11-10-12-15-26)42-36(51)29(20-32(40)49)43-35(50)28(18-22(2)3)41-25(7)47/h10-12,14-15,22-24,27-31,33-34,48H,9,13,16-21H2,1-8H3,(H2,40,49)(H,41,47)(H,42,51)(H,43,50)(H,44,53)(H,45,52)/t24?,27-,28?,29?,30?,31?,33?,34?/m0/s1. The summed E-state index contributed by atoms with van der Waals surface area (Å²) < 4.78 is 4.87. The number of likely N-dealkylation sites (tertiary alicyclic amines) is 1. The van der Waals surface area contributed by atoms with Crippen LogP contribution in [-0.4, -0.2) is 114 Å². The number of amides is 6. The number of β-amino-alcohol motifs (C(OH)–C–C–N with tert-alkyl or cyclic N) is 1. The van der Waals surface area contributed by atoms with E-state index in [2.05, 4.69) is 26.6 Å². The molecular weight excluding hydrogens is 710 g/mol. The van der Waals surface area contributed by atoms with Crippen LogP contribution in [0.25, 0.3) is 0 Å². The molecule has 55 heavy (non-hydrogen) atoms. The average molecular weight is 774 g/mol. The van der Waals surface area contributed by atoms with E-state index in [1.165, 1.54) is 14.0 Å². The number of nitrogens with one attached hydrogen (secondary N) is 5. The number of methoxy groups -OCH3 is 1. The van der Waals surface area contributed by atoms with Crippen molar-refractivity contribution < 1.29 is 43.4 Å². The molecule has 0 bridgehead atoms. The second-order valence-corrected chi connectivity index (χ2v) is 15.3. The maximum Gasteiger partial charge on any atom is 0.328 e. The van der Waals surface area contributed by atoms with Gasteiger partial charge in [0, 0.05) is 13.5 Å². The van der Waals surface area contributed by atoms with Crippen LogP contribution in [0.5, 0.6) is 0 Å². The summed E-state index contributed by atoms with van der Waals surface area (Å²) in [5.41, 5.74) is 6.26. The van der Waals surface area contributed by atoms with Crippen LogP contribution in [0.15, 0.2) is 30.3 Å². The predicted molar refractivity (Wildman–Crippen MR) is 206 cm³/mol. The molecule has 0 aromatic heterocycles. The molecule has 2 rings (SSSR count). The number of hydrogen-bond acceptors (Lipinski definition) is 10. The molecule has 0 spiro atoms. The molecular formula is C39H63N7O9. The van der Waals surface area contributed by atoms with Crippen molar-refractivity contribution in [3.8, 4) is 0 Å². The molecule has 7 unspecified atom stereocenters. The summed E-state index contributed by atoms with van der Waals surface area (Å²) in [5.74, 6) is -4.71. The van der Waals surface area contributed by atoms with E-state index < -0.39 is 90.2 Å². The van der Waals surface area contributed by atoms with E-state index in [0.717, 1.165) is 5.56 Å². The van der Waals surface area contributed by atoms with Crippen molar-refractivity contribution in [1.29, 1.82) is 0 Å². The molecule has 1 saturated heterocycles. The minimum absolute atomic E-state index is 0.0230. The van der Waals surface area contributed by atoms with Crippen molar-refractivity contribution in [2.45, 2.75) is 129 Å². The molecule has 8 N–H and O–H groups in total. The predicted octanol–water partition coefficient (Wildman–Crippen LogP) is 0.295. The maximum absolute atomic E-state index is 13.8. The summed E-state index contributed by atoms with van der Waals surface area (Å²) >= 11 is 0. The van der Waals surface area contributed by atoms with Gasteiger partial charge in [0.1, 0.15) is 24.2 Å². The van der Waals surface area contributed by atoms with Gasteiger partial charge in [0.25, 0.3) is 0 Å². The lowest BCUT2D eigenvalue weighted by molar-refractivity contribution is -0.147. The fourth-order valence-electron chi connectivity index (χ4n) is 6.59. The Balaban J connectivity index is 2.30. The monoisotopic (exact) mass is 773 g/mol. The Kier molecular flexibility index (Phi) is 19.2. The summed E-state index contributed by atoms with van der Waals surface area (Å²) in [7, 11) is 1.24. The Morgan fingerprint density at radius 2 is 1.51 bits per heavy atom. The molecule has 1 aliphatic rings. The molecule has 1 heterocycles. The van der Waals surface area contributed by atoms with Gasteiger partial charge in [-0.15, -0.1) is 0 Å². The van der Waals surface area contributed by atoms with Crippen LogP contribution < -0.4 is 32.3 Å². The van der Waals surface area contributed by atoms with Gasteiger partial charge in [-0.3, -0.25) is 33.7 Å². The number of carbonyl (C=O) groups excluding carboxylic acids is 7. The Labute approximate surface area is 324 Å². The molecule has 16 nitrogen and oxygen atoms in total. The highest BCUT2D eigenvalue weighted by molar-refractivity contribution is 5.94. The van der Waals surface area contributed by atoms with Crippen LogP contribution >= 0.6 is 0 Å². The lowest BCUT2D eigenvalue weighted by Crippen LogP contribution is -2.59. The van der Waals surface area contributed by atoms with Gasteiger partial charge in [-0.05, 0) is 55.5 Å². The van der Waals surface area contributed by atoms with Crippen LogP contribution in [0.4, 0.5) is 0 Å². The van der Waals surface area contributed by atoms with E-state index in [9.17, 15) is 38.7 Å². The summed E-state index contributed by atoms with van der Waals surface area (Å²) in [6.07, 6.45) is 0.360. The topological polar surface area (TPSA) is 238 Å². The number of rotatable bonds is 22. The zero-order valence-corrected chi connectivity index (χ0v) is 33.6. The first-order valence-corrected chi connectivity index (χ1v) is 19.2. The SMILES string of the molecule is CCC(C)C(NC(=O)C1CCCN1CC(O)[C@H](Cc1ccccc1)NC(=O)C(CC(N)=O)NC(=O)C(CC(C)C)NC(C)=O)C(=O)NC(C(=O)OC)C(C)C. The number of aliphatic hydroxyl groups excluding tert-OH is 1. The quantitative estimate of drug-likeness (QED) is 0.0796. The highest BCUT2D eigenvalue weighted by Crippen LogP contribution is 2.21. The van der Waals surface area contributed by atoms with Crippen LogP contribution in [0, 0.1) is 17.8 Å². The molecule has 16 heteroatoms. The second-order valence-electron chi connectivity index (χ2n) is 15.3. The number of hydrogen-bond donors (Lipinski definition) is 7. The third kappa shape index (κ3) is 15.2. The van der Waals surface area contributed by atoms with E-state index in [4.69, 9.17) is 10.5 Å². The van der Waals surface area contributed by atoms with Crippen LogP contribution in [0.1, 0.15) is 86.1 Å². The third-order valence-electron chi connectivity index (χ3n) is 9.83. The Hall–Kier alpha value is -4.57. The number of nitrogens with zero attached hydrogens (tertiary/aromatic N) is 1. The van der Waals surface area contributed by atoms with E-state index in [1.54, 1.807) is 18.7 Å². The molecule has 1 aromatic carbocycles. The summed E-state index contributed by atoms with van der Waals surface area (Å²) in [6.45, 7) is 12.7. The molecule has 1 aliphatic heterocycles. The largest absolute Gasteiger partial charge is 0.467 e. The second kappa shape index (κ2) is 22.7. The molecule has 0 aliphatic carbocycles. The maximum atomic E-state index is 13.8. The van der Waals surface area contributed by atoms with Crippen LogP contribution in [0.2, 0.25) is 0 Å². The number of benzene rings is 1. The normalized spacial score (nSPS) is 18.2. The van der Waals surface area contributed by atoms with Crippen molar-refractivity contribution in [1.82, 2.24) is 31.5 Å². The zero-order valence-electron chi connectivity index (χ0n) is 33.6. The molecule has 8 atom stereocenters. The molecule has 0 saturated carbocycles. The highest BCUT2D eigenvalue weighted by Gasteiger charge is 2.38. The molecule has 0 radical (unpaired) electrons. The van der Waals surface area contributed by atoms with Crippen LogP contribution in [0.3, 0.4) is 0 Å². The lowest BCUT2D eigenvalue weighted by atomic mass is 9.96. The molecule has 1 fully saturated rings.